The van der Waals surface area contributed by atoms with Crippen LogP contribution in [0.25, 0.3) is 0 Å². The Morgan fingerprint density at radius 1 is 0.630 bits per heavy atom. The molecule has 0 aromatic rings. The molecular formula is C41H77BrO3Si. The van der Waals surface area contributed by atoms with Gasteiger partial charge in [-0.2, -0.15) is 0 Å². The fourth-order valence-electron chi connectivity index (χ4n) is 5.41. The first-order valence-corrected chi connectivity index (χ1v) is 23.2. The smallest absolute Gasteiger partial charge is 0.333 e. The summed E-state index contributed by atoms with van der Waals surface area (Å²) in [5, 5.41) is 1.09. The third-order valence-corrected chi connectivity index (χ3v) is 10.7. The van der Waals surface area contributed by atoms with Gasteiger partial charge in [0.15, 0.2) is 0 Å². The van der Waals surface area contributed by atoms with E-state index >= 15 is 0 Å². The van der Waals surface area contributed by atoms with Gasteiger partial charge in [0.25, 0.3) is 0 Å². The van der Waals surface area contributed by atoms with Gasteiger partial charge in [0.2, 0.25) is 0 Å². The molecule has 270 valence electrons. The normalized spacial score (nSPS) is 13.6. The molecule has 1 atom stereocenters. The number of hydrogen-bond acceptors (Lipinski definition) is 3. The molecule has 0 amide bonds. The van der Waals surface area contributed by atoms with E-state index in [0.29, 0.717) is 6.61 Å². The van der Waals surface area contributed by atoms with Gasteiger partial charge in [-0.25, -0.2) is 0 Å². The summed E-state index contributed by atoms with van der Waals surface area (Å²) in [6.07, 6.45) is 39.0. The van der Waals surface area contributed by atoms with Crippen LogP contribution >= 0.6 is 15.9 Å². The highest BCUT2D eigenvalue weighted by atomic mass is 79.9. The predicted octanol–water partition coefficient (Wildman–Crippen LogP) is 14.5. The van der Waals surface area contributed by atoms with Crippen LogP contribution in [0.2, 0.25) is 13.1 Å². The minimum Gasteiger partial charge on any atom is -0.394 e. The van der Waals surface area contributed by atoms with Crippen LogP contribution in [-0.4, -0.2) is 33.4 Å². The zero-order chi connectivity index (χ0) is 34.1. The van der Waals surface area contributed by atoms with Gasteiger partial charge in [-0.1, -0.05) is 134 Å². The molecule has 0 saturated heterocycles. The molecule has 0 bridgehead atoms. The summed E-state index contributed by atoms with van der Waals surface area (Å²) < 4.78 is 19.2. The lowest BCUT2D eigenvalue weighted by atomic mass is 10.1. The Morgan fingerprint density at radius 2 is 1.17 bits per heavy atom. The van der Waals surface area contributed by atoms with Gasteiger partial charge >= 0.3 is 8.56 Å². The fourth-order valence-corrected chi connectivity index (χ4v) is 7.33. The Morgan fingerprint density at radius 3 is 1.80 bits per heavy atom. The van der Waals surface area contributed by atoms with Crippen molar-refractivity contribution in [2.75, 3.05) is 18.5 Å². The maximum absolute atomic E-state index is 6.57. The second kappa shape index (κ2) is 33.1. The third kappa shape index (κ3) is 33.4. The van der Waals surface area contributed by atoms with Crippen LogP contribution in [0.4, 0.5) is 0 Å². The molecule has 0 N–H and O–H groups in total. The summed E-state index contributed by atoms with van der Waals surface area (Å²) in [6, 6.07) is 0. The molecule has 1 unspecified atom stereocenters. The van der Waals surface area contributed by atoms with Crippen molar-refractivity contribution in [2.45, 2.75) is 195 Å². The van der Waals surface area contributed by atoms with E-state index in [-0.39, 0.29) is 6.29 Å². The molecule has 0 aliphatic carbocycles. The highest BCUT2D eigenvalue weighted by molar-refractivity contribution is 9.09. The van der Waals surface area contributed by atoms with Gasteiger partial charge in [-0.3, -0.25) is 0 Å². The Labute approximate surface area is 297 Å². The maximum atomic E-state index is 6.57. The fraction of sp³-hybridized carbons (Fsp3) is 0.805. The topological polar surface area (TPSA) is 27.7 Å². The van der Waals surface area contributed by atoms with Crippen LogP contribution in [0, 0.1) is 0 Å². The molecule has 5 heteroatoms. The van der Waals surface area contributed by atoms with Crippen molar-refractivity contribution in [3.05, 3.63) is 47.1 Å². The first kappa shape index (κ1) is 45.5. The quantitative estimate of drug-likeness (QED) is 0.0222. The molecule has 0 radical (unpaired) electrons. The van der Waals surface area contributed by atoms with Gasteiger partial charge in [0.1, 0.15) is 6.29 Å². The highest BCUT2D eigenvalue weighted by Crippen LogP contribution is 2.19. The Kier molecular flexibility index (Phi) is 32.7. The lowest BCUT2D eigenvalue weighted by Crippen LogP contribution is -2.40. The molecular weight excluding hydrogens is 648 g/mol. The number of ether oxygens (including phenoxy) is 1. The molecule has 0 rings (SSSR count). The van der Waals surface area contributed by atoms with Crippen LogP contribution in [0.1, 0.15) is 176 Å². The van der Waals surface area contributed by atoms with Crippen molar-refractivity contribution in [3.63, 3.8) is 0 Å². The number of halogens is 1. The van der Waals surface area contributed by atoms with E-state index in [4.69, 9.17) is 13.6 Å². The SMILES string of the molecule is CCCCCCCC/C=C\CCCCCCCC(OC/C=C(\C)CC/C=C(\C)CCC=C(C)C)O[Si](C)(C)OCCCCCCBr. The summed E-state index contributed by atoms with van der Waals surface area (Å²) in [4.78, 5) is 0. The van der Waals surface area contributed by atoms with Crippen molar-refractivity contribution in [2.24, 2.45) is 0 Å². The van der Waals surface area contributed by atoms with Gasteiger partial charge in [0, 0.05) is 11.9 Å². The third-order valence-electron chi connectivity index (χ3n) is 8.43. The summed E-state index contributed by atoms with van der Waals surface area (Å²) in [6.45, 7) is 16.9. The Balaban J connectivity index is 4.53. The summed E-state index contributed by atoms with van der Waals surface area (Å²) in [5.74, 6) is 0. The average molecular weight is 726 g/mol. The monoisotopic (exact) mass is 724 g/mol. The van der Waals surface area contributed by atoms with E-state index in [0.717, 1.165) is 56.9 Å². The molecule has 3 nitrogen and oxygen atoms in total. The van der Waals surface area contributed by atoms with Gasteiger partial charge in [-0.05, 0) is 118 Å². The van der Waals surface area contributed by atoms with Gasteiger partial charge in [0.05, 0.1) is 6.61 Å². The first-order chi connectivity index (χ1) is 22.2. The standard InChI is InChI=1S/C41H77BrO3Si/c1-8-9-10-11-12-13-14-15-16-17-18-19-20-21-24-33-41(45-46(6,7)44-36-26-23-22-25-35-42)43-37-34-40(5)32-28-31-39(4)30-27-29-38(2)3/h15-16,29,31,34,41H,8-14,17-28,30,32-33,35-37H2,1-7H3/b16-15-,39-31+,40-34+. The van der Waals surface area contributed by atoms with Crippen molar-refractivity contribution in [3.8, 4) is 0 Å². The second-order valence-corrected chi connectivity index (χ2v) is 18.2. The highest BCUT2D eigenvalue weighted by Gasteiger charge is 2.29. The number of alkyl halides is 1. The average Bonchev–Trinajstić information content (AvgIpc) is 3.00. The minimum atomic E-state index is -2.25. The summed E-state index contributed by atoms with van der Waals surface area (Å²) in [7, 11) is -2.25. The van der Waals surface area contributed by atoms with Crippen LogP contribution in [-0.2, 0) is 13.6 Å². The minimum absolute atomic E-state index is 0.179. The molecule has 0 aromatic heterocycles. The summed E-state index contributed by atoms with van der Waals surface area (Å²) >= 11 is 3.53. The van der Waals surface area contributed by atoms with Crippen LogP contribution in [0.3, 0.4) is 0 Å². The van der Waals surface area contributed by atoms with E-state index < -0.39 is 8.56 Å². The maximum Gasteiger partial charge on any atom is 0.333 e. The van der Waals surface area contributed by atoms with Crippen LogP contribution < -0.4 is 0 Å². The number of allylic oxidation sites excluding steroid dienone is 7. The largest absolute Gasteiger partial charge is 0.394 e. The Hall–Kier alpha value is -0.463. The zero-order valence-corrected chi connectivity index (χ0v) is 34.3. The van der Waals surface area contributed by atoms with Crippen molar-refractivity contribution >= 4 is 24.5 Å². The van der Waals surface area contributed by atoms with Crippen molar-refractivity contribution in [1.82, 2.24) is 0 Å². The van der Waals surface area contributed by atoms with Crippen LogP contribution in [0.5, 0.6) is 0 Å². The first-order valence-electron chi connectivity index (χ1n) is 19.3. The van der Waals surface area contributed by atoms with Crippen LogP contribution in [0.15, 0.2) is 47.1 Å². The molecule has 0 saturated carbocycles. The molecule has 0 heterocycles. The predicted molar refractivity (Wildman–Crippen MR) is 211 cm³/mol. The van der Waals surface area contributed by atoms with E-state index in [1.54, 1.807) is 0 Å². The lowest BCUT2D eigenvalue weighted by molar-refractivity contribution is -0.0939. The summed E-state index contributed by atoms with van der Waals surface area (Å²) in [5.41, 5.74) is 4.29. The molecule has 0 fully saturated rings. The number of rotatable bonds is 33. The Bertz CT molecular complexity index is 798. The molecule has 46 heavy (non-hydrogen) atoms. The van der Waals surface area contributed by atoms with E-state index in [1.807, 2.05) is 0 Å². The molecule has 0 aliphatic heterocycles. The molecule has 0 spiro atoms. The molecule has 0 aromatic carbocycles. The number of hydrogen-bond donors (Lipinski definition) is 0. The van der Waals surface area contributed by atoms with Gasteiger partial charge < -0.3 is 13.6 Å². The van der Waals surface area contributed by atoms with E-state index in [9.17, 15) is 0 Å². The van der Waals surface area contributed by atoms with Crippen molar-refractivity contribution in [1.29, 1.82) is 0 Å². The second-order valence-electron chi connectivity index (χ2n) is 14.1. The lowest BCUT2D eigenvalue weighted by Gasteiger charge is -2.29. The molecule has 0 aliphatic rings. The number of unbranched alkanes of at least 4 members (excludes halogenated alkanes) is 14. The van der Waals surface area contributed by atoms with Gasteiger partial charge in [-0.15, -0.1) is 0 Å². The van der Waals surface area contributed by atoms with Crippen molar-refractivity contribution < 1.29 is 13.6 Å². The van der Waals surface area contributed by atoms with E-state index in [2.05, 4.69) is 94.0 Å². The zero-order valence-electron chi connectivity index (χ0n) is 31.7. The van der Waals surface area contributed by atoms with E-state index in [1.165, 1.54) is 113 Å².